The first-order valence-electron chi connectivity index (χ1n) is 9.86. The summed E-state index contributed by atoms with van der Waals surface area (Å²) in [6, 6.07) is 5.76. The van der Waals surface area contributed by atoms with E-state index in [9.17, 15) is 4.79 Å². The highest BCUT2D eigenvalue weighted by Crippen LogP contribution is 2.28. The van der Waals surface area contributed by atoms with Gasteiger partial charge in [0.15, 0.2) is 5.69 Å². The highest BCUT2D eigenvalue weighted by molar-refractivity contribution is 6.06. The number of nitrogens with one attached hydrogen (secondary N) is 1. The van der Waals surface area contributed by atoms with Crippen molar-refractivity contribution in [2.24, 2.45) is 0 Å². The monoisotopic (exact) mass is 374 g/mol. The summed E-state index contributed by atoms with van der Waals surface area (Å²) >= 11 is 0. The highest BCUT2D eigenvalue weighted by atomic mass is 16.5. The molecule has 1 aromatic heterocycles. The number of unbranched alkanes of at least 4 members (excludes halogenated alkanes) is 2. The minimum absolute atomic E-state index is 0.116. The van der Waals surface area contributed by atoms with Crippen LogP contribution in [0, 0.1) is 0 Å². The zero-order valence-corrected chi connectivity index (χ0v) is 16.4. The Bertz CT molecular complexity index is 753. The van der Waals surface area contributed by atoms with Crippen LogP contribution in [0.1, 0.15) is 36.7 Å². The largest absolute Gasteiger partial charge is 0.494 e. The SMILES string of the molecule is CCCCCNC(=O)c1nn(CCN2CCOCC2)c2c(OC)cccc12. The van der Waals surface area contributed by atoms with Crippen molar-refractivity contribution in [3.63, 3.8) is 0 Å². The quantitative estimate of drug-likeness (QED) is 0.682. The lowest BCUT2D eigenvalue weighted by Crippen LogP contribution is -2.38. The molecule has 0 atom stereocenters. The number of hydrogen-bond acceptors (Lipinski definition) is 5. The van der Waals surface area contributed by atoms with Crippen LogP contribution in [0.15, 0.2) is 18.2 Å². The molecule has 0 saturated carbocycles. The van der Waals surface area contributed by atoms with Gasteiger partial charge >= 0.3 is 0 Å². The van der Waals surface area contributed by atoms with E-state index in [0.29, 0.717) is 18.8 Å². The van der Waals surface area contributed by atoms with Crippen LogP contribution in [-0.2, 0) is 11.3 Å². The van der Waals surface area contributed by atoms with Crippen molar-refractivity contribution >= 4 is 16.8 Å². The van der Waals surface area contributed by atoms with E-state index in [0.717, 1.165) is 68.8 Å². The third kappa shape index (κ3) is 4.78. The lowest BCUT2D eigenvalue weighted by atomic mass is 10.2. The van der Waals surface area contributed by atoms with Gasteiger partial charge in [-0.1, -0.05) is 31.9 Å². The Morgan fingerprint density at radius 3 is 2.81 bits per heavy atom. The van der Waals surface area contributed by atoms with Crippen molar-refractivity contribution in [2.45, 2.75) is 32.7 Å². The van der Waals surface area contributed by atoms with Crippen molar-refractivity contribution in [1.29, 1.82) is 0 Å². The summed E-state index contributed by atoms with van der Waals surface area (Å²) in [6.45, 7) is 7.82. The minimum atomic E-state index is -0.116. The average Bonchev–Trinajstić information content (AvgIpc) is 3.09. The molecular weight excluding hydrogens is 344 g/mol. The summed E-state index contributed by atoms with van der Waals surface area (Å²) in [7, 11) is 1.65. The van der Waals surface area contributed by atoms with Gasteiger partial charge in [-0.25, -0.2) is 0 Å². The van der Waals surface area contributed by atoms with Gasteiger partial charge in [-0.3, -0.25) is 14.4 Å². The predicted molar refractivity (Wildman–Crippen MR) is 105 cm³/mol. The Morgan fingerprint density at radius 2 is 2.07 bits per heavy atom. The molecule has 1 aromatic carbocycles. The normalized spacial score (nSPS) is 15.2. The molecule has 148 valence electrons. The zero-order chi connectivity index (χ0) is 19.1. The molecule has 1 fully saturated rings. The van der Waals surface area contributed by atoms with Gasteiger partial charge in [0, 0.05) is 31.6 Å². The van der Waals surface area contributed by atoms with E-state index in [-0.39, 0.29) is 5.91 Å². The van der Waals surface area contributed by atoms with Gasteiger partial charge in [0.1, 0.15) is 11.3 Å². The fourth-order valence-corrected chi connectivity index (χ4v) is 3.42. The lowest BCUT2D eigenvalue weighted by molar-refractivity contribution is 0.0361. The second-order valence-corrected chi connectivity index (χ2v) is 6.85. The van der Waals surface area contributed by atoms with Gasteiger partial charge in [0.2, 0.25) is 0 Å². The Kier molecular flexibility index (Phi) is 7.06. The Labute approximate surface area is 160 Å². The van der Waals surface area contributed by atoms with Crippen molar-refractivity contribution < 1.29 is 14.3 Å². The number of carbonyl (C=O) groups excluding carboxylic acids is 1. The number of ether oxygens (including phenoxy) is 2. The van der Waals surface area contributed by atoms with Crippen LogP contribution >= 0.6 is 0 Å². The van der Waals surface area contributed by atoms with Crippen molar-refractivity contribution in [2.75, 3.05) is 46.5 Å². The Balaban J connectivity index is 1.80. The van der Waals surface area contributed by atoms with Crippen LogP contribution in [0.4, 0.5) is 0 Å². The maximum Gasteiger partial charge on any atom is 0.272 e. The summed E-state index contributed by atoms with van der Waals surface area (Å²) in [5, 5.41) is 8.48. The number of aromatic nitrogens is 2. The molecule has 3 rings (SSSR count). The van der Waals surface area contributed by atoms with E-state index in [1.807, 2.05) is 22.9 Å². The number of morpholine rings is 1. The average molecular weight is 374 g/mol. The molecule has 0 unspecified atom stereocenters. The summed E-state index contributed by atoms with van der Waals surface area (Å²) in [5.41, 5.74) is 1.36. The predicted octanol–water partition coefficient (Wildman–Crippen LogP) is 2.30. The Hall–Kier alpha value is -2.12. The molecule has 2 heterocycles. The van der Waals surface area contributed by atoms with E-state index >= 15 is 0 Å². The summed E-state index contributed by atoms with van der Waals surface area (Å²) < 4.78 is 12.9. The van der Waals surface area contributed by atoms with Gasteiger partial charge in [0.05, 0.1) is 26.9 Å². The molecule has 27 heavy (non-hydrogen) atoms. The standard InChI is InChI=1S/C20H30N4O3/c1-3-4-5-9-21-20(25)18-16-7-6-8-17(26-2)19(16)24(22-18)11-10-23-12-14-27-15-13-23/h6-8H,3-5,9-15H2,1-2H3,(H,21,25). The molecule has 7 nitrogen and oxygen atoms in total. The minimum Gasteiger partial charge on any atom is -0.494 e. The van der Waals surface area contributed by atoms with Gasteiger partial charge in [-0.2, -0.15) is 5.10 Å². The molecule has 0 radical (unpaired) electrons. The highest BCUT2D eigenvalue weighted by Gasteiger charge is 2.20. The van der Waals surface area contributed by atoms with E-state index in [4.69, 9.17) is 9.47 Å². The van der Waals surface area contributed by atoms with E-state index in [1.165, 1.54) is 0 Å². The fraction of sp³-hybridized carbons (Fsp3) is 0.600. The van der Waals surface area contributed by atoms with Crippen LogP contribution in [0.25, 0.3) is 10.9 Å². The number of benzene rings is 1. The summed E-state index contributed by atoms with van der Waals surface area (Å²) in [5.74, 6) is 0.626. The zero-order valence-electron chi connectivity index (χ0n) is 16.4. The molecule has 2 aromatic rings. The third-order valence-corrected chi connectivity index (χ3v) is 4.97. The first-order valence-corrected chi connectivity index (χ1v) is 9.86. The number of nitrogens with zero attached hydrogens (tertiary/aromatic N) is 3. The number of methoxy groups -OCH3 is 1. The summed E-state index contributed by atoms with van der Waals surface area (Å²) in [4.78, 5) is 15.0. The molecule has 1 saturated heterocycles. The smallest absolute Gasteiger partial charge is 0.272 e. The topological polar surface area (TPSA) is 68.6 Å². The number of para-hydroxylation sites is 1. The summed E-state index contributed by atoms with van der Waals surface area (Å²) in [6.07, 6.45) is 3.23. The molecule has 1 N–H and O–H groups in total. The van der Waals surface area contributed by atoms with Crippen LogP contribution in [0.3, 0.4) is 0 Å². The third-order valence-electron chi connectivity index (χ3n) is 4.97. The molecule has 0 aliphatic carbocycles. The van der Waals surface area contributed by atoms with Crippen LogP contribution < -0.4 is 10.1 Å². The molecule has 7 heteroatoms. The number of amides is 1. The van der Waals surface area contributed by atoms with E-state index in [2.05, 4.69) is 22.2 Å². The number of hydrogen-bond donors (Lipinski definition) is 1. The van der Waals surface area contributed by atoms with Gasteiger partial charge < -0.3 is 14.8 Å². The van der Waals surface area contributed by atoms with Crippen molar-refractivity contribution in [3.8, 4) is 5.75 Å². The second-order valence-electron chi connectivity index (χ2n) is 6.85. The number of carbonyl (C=O) groups is 1. The fourth-order valence-electron chi connectivity index (χ4n) is 3.42. The first-order chi connectivity index (χ1) is 13.2. The number of rotatable bonds is 9. The van der Waals surface area contributed by atoms with Gasteiger partial charge in [-0.15, -0.1) is 0 Å². The number of fused-ring (bicyclic) bond motifs is 1. The maximum absolute atomic E-state index is 12.7. The van der Waals surface area contributed by atoms with Crippen molar-refractivity contribution in [1.82, 2.24) is 20.0 Å². The second kappa shape index (κ2) is 9.71. The van der Waals surface area contributed by atoms with Crippen LogP contribution in [0.2, 0.25) is 0 Å². The van der Waals surface area contributed by atoms with Crippen LogP contribution in [0.5, 0.6) is 5.75 Å². The van der Waals surface area contributed by atoms with Gasteiger partial charge in [0.25, 0.3) is 5.91 Å². The van der Waals surface area contributed by atoms with Crippen LogP contribution in [-0.4, -0.2) is 67.1 Å². The lowest BCUT2D eigenvalue weighted by Gasteiger charge is -2.26. The first kappa shape index (κ1) is 19.6. The van der Waals surface area contributed by atoms with Gasteiger partial charge in [-0.05, 0) is 12.5 Å². The molecule has 1 aliphatic heterocycles. The molecule has 1 amide bonds. The van der Waals surface area contributed by atoms with Crippen molar-refractivity contribution in [3.05, 3.63) is 23.9 Å². The van der Waals surface area contributed by atoms with E-state index < -0.39 is 0 Å². The maximum atomic E-state index is 12.7. The van der Waals surface area contributed by atoms with E-state index in [1.54, 1.807) is 7.11 Å². The molecular formula is C20H30N4O3. The molecule has 0 spiro atoms. The Morgan fingerprint density at radius 1 is 1.26 bits per heavy atom. The molecule has 1 aliphatic rings. The molecule has 0 bridgehead atoms.